The first-order valence-corrected chi connectivity index (χ1v) is 7.74. The summed E-state index contributed by atoms with van der Waals surface area (Å²) in [5.74, 6) is 0. The van der Waals surface area contributed by atoms with E-state index in [2.05, 4.69) is 4.72 Å². The standard InChI is InChI=1S/C11H25N3O2S/c1-10(2)14(3)17(15,16)13-11(9-12)7-5-4-6-8-11/h10,13H,4-9,12H2,1-3H3. The summed E-state index contributed by atoms with van der Waals surface area (Å²) in [4.78, 5) is 0. The van der Waals surface area contributed by atoms with Gasteiger partial charge in [-0.25, -0.2) is 0 Å². The Morgan fingerprint density at radius 1 is 1.29 bits per heavy atom. The van der Waals surface area contributed by atoms with Crippen molar-refractivity contribution in [2.24, 2.45) is 5.73 Å². The molecule has 0 saturated heterocycles. The molecule has 0 amide bonds. The molecule has 0 heterocycles. The van der Waals surface area contributed by atoms with Gasteiger partial charge in [0.1, 0.15) is 0 Å². The molecule has 1 aliphatic rings. The van der Waals surface area contributed by atoms with Crippen LogP contribution in [0.2, 0.25) is 0 Å². The summed E-state index contributed by atoms with van der Waals surface area (Å²) < 4.78 is 28.5. The Morgan fingerprint density at radius 3 is 2.24 bits per heavy atom. The highest BCUT2D eigenvalue weighted by atomic mass is 32.2. The monoisotopic (exact) mass is 263 g/mol. The maximum Gasteiger partial charge on any atom is 0.279 e. The summed E-state index contributed by atoms with van der Waals surface area (Å²) in [6, 6.07) is -0.0501. The van der Waals surface area contributed by atoms with E-state index in [1.54, 1.807) is 7.05 Å². The summed E-state index contributed by atoms with van der Waals surface area (Å²) in [5.41, 5.74) is 5.35. The summed E-state index contributed by atoms with van der Waals surface area (Å²) in [6.07, 6.45) is 4.95. The van der Waals surface area contributed by atoms with E-state index in [-0.39, 0.29) is 6.04 Å². The molecule has 0 aliphatic heterocycles. The zero-order valence-corrected chi connectivity index (χ0v) is 11.9. The highest BCUT2D eigenvalue weighted by Crippen LogP contribution is 2.28. The van der Waals surface area contributed by atoms with E-state index >= 15 is 0 Å². The van der Waals surface area contributed by atoms with Crippen LogP contribution in [0.5, 0.6) is 0 Å². The average Bonchev–Trinajstić information content (AvgIpc) is 2.28. The summed E-state index contributed by atoms with van der Waals surface area (Å²) in [7, 11) is -1.83. The van der Waals surface area contributed by atoms with E-state index in [0.717, 1.165) is 25.7 Å². The quantitative estimate of drug-likeness (QED) is 0.771. The molecule has 1 aliphatic carbocycles. The van der Waals surface area contributed by atoms with Gasteiger partial charge in [0.05, 0.1) is 0 Å². The van der Waals surface area contributed by atoms with E-state index in [0.29, 0.717) is 6.54 Å². The van der Waals surface area contributed by atoms with Crippen molar-refractivity contribution in [1.82, 2.24) is 9.03 Å². The van der Waals surface area contributed by atoms with Crippen molar-refractivity contribution in [3.05, 3.63) is 0 Å². The fourth-order valence-corrected chi connectivity index (χ4v) is 3.73. The van der Waals surface area contributed by atoms with E-state index < -0.39 is 15.7 Å². The Morgan fingerprint density at radius 2 is 1.82 bits per heavy atom. The van der Waals surface area contributed by atoms with Crippen LogP contribution in [0.1, 0.15) is 46.0 Å². The molecule has 0 bridgehead atoms. The highest BCUT2D eigenvalue weighted by Gasteiger charge is 2.36. The minimum atomic E-state index is -3.43. The van der Waals surface area contributed by atoms with E-state index in [1.165, 1.54) is 10.7 Å². The minimum absolute atomic E-state index is 0.0501. The van der Waals surface area contributed by atoms with Crippen LogP contribution in [0, 0.1) is 0 Å². The molecule has 0 aromatic rings. The number of nitrogens with one attached hydrogen (secondary N) is 1. The van der Waals surface area contributed by atoms with Crippen molar-refractivity contribution < 1.29 is 8.42 Å². The van der Waals surface area contributed by atoms with Gasteiger partial charge in [-0.15, -0.1) is 0 Å². The third-order valence-electron chi connectivity index (χ3n) is 3.65. The molecule has 0 atom stereocenters. The van der Waals surface area contributed by atoms with Gasteiger partial charge in [-0.2, -0.15) is 17.4 Å². The van der Waals surface area contributed by atoms with Gasteiger partial charge >= 0.3 is 0 Å². The van der Waals surface area contributed by atoms with E-state index in [1.807, 2.05) is 13.8 Å². The van der Waals surface area contributed by atoms with Crippen molar-refractivity contribution in [1.29, 1.82) is 0 Å². The van der Waals surface area contributed by atoms with Crippen LogP contribution >= 0.6 is 0 Å². The van der Waals surface area contributed by atoms with Crippen LogP contribution in [0.4, 0.5) is 0 Å². The summed E-state index contributed by atoms with van der Waals surface area (Å²) in [5, 5.41) is 0. The number of nitrogens with two attached hydrogens (primary N) is 1. The zero-order valence-electron chi connectivity index (χ0n) is 11.1. The maximum absolute atomic E-state index is 12.2. The number of nitrogens with zero attached hydrogens (tertiary/aromatic N) is 1. The predicted octanol–water partition coefficient (Wildman–Crippen LogP) is 0.823. The Kier molecular flexibility index (Phi) is 4.95. The average molecular weight is 263 g/mol. The Labute approximate surface area is 105 Å². The van der Waals surface area contributed by atoms with Crippen LogP contribution < -0.4 is 10.5 Å². The van der Waals surface area contributed by atoms with Gasteiger partial charge < -0.3 is 5.73 Å². The van der Waals surface area contributed by atoms with Gasteiger partial charge in [0.25, 0.3) is 10.2 Å². The molecule has 0 unspecified atom stereocenters. The van der Waals surface area contributed by atoms with Crippen molar-refractivity contribution in [3.63, 3.8) is 0 Å². The van der Waals surface area contributed by atoms with Crippen molar-refractivity contribution >= 4 is 10.2 Å². The SMILES string of the molecule is CC(C)N(C)S(=O)(=O)NC1(CN)CCCCC1. The minimum Gasteiger partial charge on any atom is -0.329 e. The lowest BCUT2D eigenvalue weighted by atomic mass is 9.83. The molecule has 17 heavy (non-hydrogen) atoms. The van der Waals surface area contributed by atoms with Gasteiger partial charge in [-0.1, -0.05) is 19.3 Å². The zero-order chi connectivity index (χ0) is 13.1. The molecule has 6 heteroatoms. The molecule has 3 N–H and O–H groups in total. The first-order valence-electron chi connectivity index (χ1n) is 6.30. The molecule has 0 aromatic carbocycles. The van der Waals surface area contributed by atoms with Crippen molar-refractivity contribution in [2.75, 3.05) is 13.6 Å². The number of hydrogen-bond acceptors (Lipinski definition) is 3. The first kappa shape index (κ1) is 14.9. The Bertz CT molecular complexity index is 335. The van der Waals surface area contributed by atoms with Crippen molar-refractivity contribution in [2.45, 2.75) is 57.5 Å². The molecular weight excluding hydrogens is 238 g/mol. The molecule has 0 radical (unpaired) electrons. The third-order valence-corrected chi connectivity index (χ3v) is 5.52. The molecule has 1 fully saturated rings. The molecule has 0 aromatic heterocycles. The van der Waals surface area contributed by atoms with E-state index in [4.69, 9.17) is 5.73 Å². The lowest BCUT2D eigenvalue weighted by Gasteiger charge is -2.38. The molecule has 1 rings (SSSR count). The van der Waals surface area contributed by atoms with Crippen LogP contribution in [-0.2, 0) is 10.2 Å². The van der Waals surface area contributed by atoms with Crippen LogP contribution in [0.3, 0.4) is 0 Å². The first-order chi connectivity index (χ1) is 7.83. The second-order valence-electron chi connectivity index (χ2n) is 5.26. The molecule has 5 nitrogen and oxygen atoms in total. The maximum atomic E-state index is 12.2. The largest absolute Gasteiger partial charge is 0.329 e. The third kappa shape index (κ3) is 3.64. The van der Waals surface area contributed by atoms with Crippen LogP contribution in [-0.4, -0.2) is 37.9 Å². The smallest absolute Gasteiger partial charge is 0.279 e. The summed E-state index contributed by atoms with van der Waals surface area (Å²) in [6.45, 7) is 4.09. The van der Waals surface area contributed by atoms with Gasteiger partial charge in [0.15, 0.2) is 0 Å². The fraction of sp³-hybridized carbons (Fsp3) is 1.00. The molecular formula is C11H25N3O2S. The molecule has 0 spiro atoms. The lowest BCUT2D eigenvalue weighted by Crippen LogP contribution is -2.58. The second kappa shape index (κ2) is 5.65. The summed E-state index contributed by atoms with van der Waals surface area (Å²) >= 11 is 0. The lowest BCUT2D eigenvalue weighted by molar-refractivity contribution is 0.267. The molecule has 1 saturated carbocycles. The van der Waals surface area contributed by atoms with Crippen LogP contribution in [0.25, 0.3) is 0 Å². The fourth-order valence-electron chi connectivity index (χ4n) is 2.20. The normalized spacial score (nSPS) is 21.1. The highest BCUT2D eigenvalue weighted by molar-refractivity contribution is 7.87. The van der Waals surface area contributed by atoms with Gasteiger partial charge in [0.2, 0.25) is 0 Å². The van der Waals surface area contributed by atoms with Crippen molar-refractivity contribution in [3.8, 4) is 0 Å². The van der Waals surface area contributed by atoms with Gasteiger partial charge in [-0.3, -0.25) is 0 Å². The van der Waals surface area contributed by atoms with Gasteiger partial charge in [-0.05, 0) is 26.7 Å². The Hall–Kier alpha value is -0.170. The Balaban J connectivity index is 2.80. The number of hydrogen-bond donors (Lipinski definition) is 2. The topological polar surface area (TPSA) is 75.4 Å². The molecule has 102 valence electrons. The van der Waals surface area contributed by atoms with E-state index in [9.17, 15) is 8.42 Å². The second-order valence-corrected chi connectivity index (χ2v) is 6.99. The van der Waals surface area contributed by atoms with Crippen LogP contribution in [0.15, 0.2) is 0 Å². The number of rotatable bonds is 5. The predicted molar refractivity (Wildman–Crippen MR) is 69.8 cm³/mol. The van der Waals surface area contributed by atoms with Gasteiger partial charge in [0, 0.05) is 25.2 Å².